The summed E-state index contributed by atoms with van der Waals surface area (Å²) in [4.78, 5) is 26.9. The van der Waals surface area contributed by atoms with Crippen molar-refractivity contribution in [3.8, 4) is 17.0 Å². The Morgan fingerprint density at radius 1 is 0.971 bits per heavy atom. The van der Waals surface area contributed by atoms with Crippen molar-refractivity contribution in [3.05, 3.63) is 108 Å². The Kier molecular flexibility index (Phi) is 6.64. The van der Waals surface area contributed by atoms with Crippen LogP contribution in [0.2, 0.25) is 0 Å². The van der Waals surface area contributed by atoms with Crippen molar-refractivity contribution in [2.24, 2.45) is 0 Å². The highest BCUT2D eigenvalue weighted by atomic mass is 16.5. The predicted molar refractivity (Wildman–Crippen MR) is 135 cm³/mol. The smallest absolute Gasteiger partial charge is 0.216 e. The van der Waals surface area contributed by atoms with E-state index in [-0.39, 0.29) is 23.8 Å². The topological polar surface area (TPSA) is 77.0 Å². The molecule has 0 amide bonds. The Balaban J connectivity index is 1.43. The molecule has 0 spiro atoms. The van der Waals surface area contributed by atoms with Gasteiger partial charge in [0.1, 0.15) is 0 Å². The zero-order valence-corrected chi connectivity index (χ0v) is 19.7. The fraction of sp³-hybridized carbons (Fsp3) is 0.241. The molecule has 35 heavy (non-hydrogen) atoms. The first-order valence-corrected chi connectivity index (χ1v) is 11.9. The molecule has 0 aliphatic heterocycles. The summed E-state index contributed by atoms with van der Waals surface area (Å²) in [6.07, 6.45) is 9.82. The summed E-state index contributed by atoms with van der Waals surface area (Å²) in [5.74, 6) is 0.573. The molecule has 3 aromatic heterocycles. The minimum Gasteiger partial charge on any atom is -0.481 e. The van der Waals surface area contributed by atoms with Crippen molar-refractivity contribution in [3.63, 3.8) is 0 Å². The highest BCUT2D eigenvalue weighted by molar-refractivity contribution is 5.87. The molecule has 6 heteroatoms. The van der Waals surface area contributed by atoms with E-state index in [4.69, 9.17) is 4.74 Å². The Labute approximate surface area is 205 Å². The Morgan fingerprint density at radius 2 is 1.74 bits per heavy atom. The Bertz CT molecular complexity index is 1280. The lowest BCUT2D eigenvalue weighted by Gasteiger charge is -2.25. The normalized spacial score (nSPS) is 14.8. The largest absolute Gasteiger partial charge is 0.481 e. The van der Waals surface area contributed by atoms with Crippen molar-refractivity contribution in [1.29, 1.82) is 0 Å². The number of pyridine rings is 3. The number of carbonyl (C=O) groups is 1. The number of methoxy groups -OCH3 is 1. The molecule has 0 radical (unpaired) electrons. The molecule has 6 nitrogen and oxygen atoms in total. The molecule has 1 aliphatic carbocycles. The first kappa shape index (κ1) is 22.9. The summed E-state index contributed by atoms with van der Waals surface area (Å²) in [5, 5.41) is 3.69. The molecule has 1 saturated carbocycles. The third-order valence-electron chi connectivity index (χ3n) is 6.52. The van der Waals surface area contributed by atoms with Gasteiger partial charge in [-0.05, 0) is 60.7 Å². The summed E-state index contributed by atoms with van der Waals surface area (Å²) in [5.41, 5.74) is 4.55. The van der Waals surface area contributed by atoms with Gasteiger partial charge in [0.25, 0.3) is 0 Å². The van der Waals surface area contributed by atoms with Gasteiger partial charge in [-0.3, -0.25) is 20.1 Å². The Morgan fingerprint density at radius 3 is 2.43 bits per heavy atom. The number of hydrogen-bond donors (Lipinski definition) is 1. The van der Waals surface area contributed by atoms with Crippen LogP contribution in [-0.4, -0.2) is 33.9 Å². The van der Waals surface area contributed by atoms with Gasteiger partial charge in [-0.1, -0.05) is 36.4 Å². The van der Waals surface area contributed by atoms with E-state index in [1.54, 1.807) is 25.7 Å². The first-order valence-electron chi connectivity index (χ1n) is 11.9. The Hall–Kier alpha value is -3.90. The van der Waals surface area contributed by atoms with E-state index in [1.165, 1.54) is 0 Å². The van der Waals surface area contributed by atoms with Gasteiger partial charge in [0.15, 0.2) is 5.78 Å². The minimum absolute atomic E-state index is 0.100. The molecule has 1 aromatic carbocycles. The number of carbonyl (C=O) groups excluding carboxylic acids is 1. The van der Waals surface area contributed by atoms with Gasteiger partial charge in [0.05, 0.1) is 24.4 Å². The molecule has 0 unspecified atom stereocenters. The van der Waals surface area contributed by atoms with Crippen LogP contribution in [0.5, 0.6) is 5.88 Å². The fourth-order valence-corrected chi connectivity index (χ4v) is 4.50. The molecular weight excluding hydrogens is 436 g/mol. The summed E-state index contributed by atoms with van der Waals surface area (Å²) < 4.78 is 5.51. The monoisotopic (exact) mass is 464 g/mol. The van der Waals surface area contributed by atoms with Crippen LogP contribution >= 0.6 is 0 Å². The van der Waals surface area contributed by atoms with Gasteiger partial charge >= 0.3 is 0 Å². The SMILES string of the molecule is COc1ncc(-c2ccncc2)cc1CC(=O)[C@H](Cc1ccccc1)NC1(c2ccccn2)CC1. The van der Waals surface area contributed by atoms with E-state index < -0.39 is 0 Å². The van der Waals surface area contributed by atoms with Crippen molar-refractivity contribution in [2.45, 2.75) is 37.3 Å². The fourth-order valence-electron chi connectivity index (χ4n) is 4.50. The number of Topliss-reactive ketones (excluding diaryl/α,β-unsaturated/α-hetero) is 1. The number of nitrogens with zero attached hydrogens (tertiary/aromatic N) is 3. The third kappa shape index (κ3) is 5.28. The minimum atomic E-state index is -0.365. The van der Waals surface area contributed by atoms with E-state index in [9.17, 15) is 4.79 Å². The summed E-state index contributed by atoms with van der Waals surface area (Å²) in [6.45, 7) is 0. The van der Waals surface area contributed by atoms with Gasteiger partial charge < -0.3 is 4.74 Å². The number of rotatable bonds is 10. The lowest BCUT2D eigenvalue weighted by atomic mass is 9.95. The molecule has 5 rings (SSSR count). The van der Waals surface area contributed by atoms with Crippen molar-refractivity contribution >= 4 is 5.78 Å². The molecule has 0 bridgehead atoms. The molecule has 1 fully saturated rings. The molecule has 1 atom stereocenters. The van der Waals surface area contributed by atoms with Crippen LogP contribution in [0, 0.1) is 0 Å². The van der Waals surface area contributed by atoms with Crippen LogP contribution in [0.3, 0.4) is 0 Å². The maximum Gasteiger partial charge on any atom is 0.216 e. The molecule has 1 N–H and O–H groups in total. The highest BCUT2D eigenvalue weighted by Crippen LogP contribution is 2.45. The zero-order chi connectivity index (χ0) is 24.1. The predicted octanol–water partition coefficient (Wildman–Crippen LogP) is 4.55. The second-order valence-electron chi connectivity index (χ2n) is 8.96. The summed E-state index contributed by atoms with van der Waals surface area (Å²) in [7, 11) is 1.59. The maximum absolute atomic E-state index is 13.8. The maximum atomic E-state index is 13.8. The van der Waals surface area contributed by atoms with Gasteiger partial charge in [-0.15, -0.1) is 0 Å². The van der Waals surface area contributed by atoms with E-state index in [2.05, 4.69) is 32.4 Å². The molecule has 0 saturated heterocycles. The quantitative estimate of drug-likeness (QED) is 0.371. The van der Waals surface area contributed by atoms with Crippen LogP contribution in [0.4, 0.5) is 0 Å². The van der Waals surface area contributed by atoms with Crippen LogP contribution in [-0.2, 0) is 23.2 Å². The number of benzene rings is 1. The van der Waals surface area contributed by atoms with Gasteiger partial charge in [-0.25, -0.2) is 4.98 Å². The second kappa shape index (κ2) is 10.2. The van der Waals surface area contributed by atoms with E-state index in [0.717, 1.165) is 40.8 Å². The summed E-state index contributed by atoms with van der Waals surface area (Å²) in [6, 6.07) is 21.6. The second-order valence-corrected chi connectivity index (χ2v) is 8.96. The van der Waals surface area contributed by atoms with Crippen LogP contribution in [0.15, 0.2) is 91.5 Å². The summed E-state index contributed by atoms with van der Waals surface area (Å²) >= 11 is 0. The van der Waals surface area contributed by atoms with E-state index >= 15 is 0 Å². The third-order valence-corrected chi connectivity index (χ3v) is 6.52. The lowest BCUT2D eigenvalue weighted by Crippen LogP contribution is -2.46. The van der Waals surface area contributed by atoms with Gasteiger partial charge in [0.2, 0.25) is 5.88 Å². The number of ketones is 1. The van der Waals surface area contributed by atoms with E-state index in [1.807, 2.05) is 60.8 Å². The number of aromatic nitrogens is 3. The number of hydrogen-bond acceptors (Lipinski definition) is 6. The first-order chi connectivity index (χ1) is 17.2. The van der Waals surface area contributed by atoms with Gasteiger partial charge in [0, 0.05) is 42.3 Å². The molecular formula is C29H28N4O2. The number of nitrogens with one attached hydrogen (secondary N) is 1. The van der Waals surface area contributed by atoms with Crippen molar-refractivity contribution in [2.75, 3.05) is 7.11 Å². The standard InChI is InChI=1S/C29H28N4O2/c1-35-28-23(18-24(20-32-28)22-10-15-30-16-11-22)19-26(34)25(17-21-7-3-2-4-8-21)33-29(12-13-29)27-9-5-6-14-31-27/h2-11,14-16,18,20,25,33H,12-13,17,19H2,1H3/t25-/m0/s1. The van der Waals surface area contributed by atoms with Gasteiger partial charge in [-0.2, -0.15) is 0 Å². The van der Waals surface area contributed by atoms with Crippen LogP contribution < -0.4 is 10.1 Å². The molecule has 4 aromatic rings. The van der Waals surface area contributed by atoms with E-state index in [0.29, 0.717) is 12.3 Å². The molecule has 3 heterocycles. The molecule has 176 valence electrons. The van der Waals surface area contributed by atoms with Crippen molar-refractivity contribution < 1.29 is 9.53 Å². The van der Waals surface area contributed by atoms with Crippen LogP contribution in [0.25, 0.3) is 11.1 Å². The van der Waals surface area contributed by atoms with Crippen LogP contribution in [0.1, 0.15) is 29.7 Å². The zero-order valence-electron chi connectivity index (χ0n) is 19.7. The number of ether oxygens (including phenoxy) is 1. The van der Waals surface area contributed by atoms with Crippen molar-refractivity contribution in [1.82, 2.24) is 20.3 Å². The average molecular weight is 465 g/mol. The highest BCUT2D eigenvalue weighted by Gasteiger charge is 2.47. The molecule has 1 aliphatic rings. The average Bonchev–Trinajstić information content (AvgIpc) is 3.70. The lowest BCUT2D eigenvalue weighted by molar-refractivity contribution is -0.120.